The van der Waals surface area contributed by atoms with Crippen molar-refractivity contribution in [2.45, 2.75) is 37.6 Å². The number of nitrogens with one attached hydrogen (secondary N) is 1. The maximum absolute atomic E-state index is 13.0. The van der Waals surface area contributed by atoms with Gasteiger partial charge >= 0.3 is 0 Å². The molecule has 1 N–H and O–H groups in total. The van der Waals surface area contributed by atoms with Crippen LogP contribution >= 0.6 is 0 Å². The van der Waals surface area contributed by atoms with Crippen LogP contribution in [-0.2, 0) is 0 Å². The van der Waals surface area contributed by atoms with E-state index in [1.807, 2.05) is 7.05 Å². The molecule has 0 aliphatic heterocycles. The quantitative estimate of drug-likeness (QED) is 0.807. The normalized spacial score (nSPS) is 26.5. The molecule has 2 nitrogen and oxygen atoms in total. The van der Waals surface area contributed by atoms with Crippen LogP contribution in [0.3, 0.4) is 0 Å². The first-order chi connectivity index (χ1) is 7.29. The highest BCUT2D eigenvalue weighted by Crippen LogP contribution is 2.32. The molecule has 3 heteroatoms. The molecule has 2 rings (SSSR count). The average molecular weight is 208 g/mol. The van der Waals surface area contributed by atoms with Crippen LogP contribution < -0.4 is 5.32 Å². The predicted molar refractivity (Wildman–Crippen MR) is 58.3 cm³/mol. The topological polar surface area (TPSA) is 24.9 Å². The fourth-order valence-electron chi connectivity index (χ4n) is 2.41. The fraction of sp³-hybridized carbons (Fsp3) is 0.583. The second kappa shape index (κ2) is 4.71. The lowest BCUT2D eigenvalue weighted by Gasteiger charge is -2.28. The van der Waals surface area contributed by atoms with Crippen molar-refractivity contribution in [3.63, 3.8) is 0 Å². The third kappa shape index (κ3) is 2.53. The molecule has 1 aliphatic carbocycles. The zero-order valence-electron chi connectivity index (χ0n) is 9.04. The molecule has 15 heavy (non-hydrogen) atoms. The first kappa shape index (κ1) is 10.6. The van der Waals surface area contributed by atoms with Crippen molar-refractivity contribution in [1.82, 2.24) is 10.3 Å². The van der Waals surface area contributed by atoms with E-state index >= 15 is 0 Å². The van der Waals surface area contributed by atoms with Crippen LogP contribution in [0.2, 0.25) is 0 Å². The SMILES string of the molecule is CNC1CCCC(c2cncc(F)c2)C1. The number of nitrogens with zero attached hydrogens (tertiary/aromatic N) is 1. The van der Waals surface area contributed by atoms with Crippen LogP contribution in [0.5, 0.6) is 0 Å². The van der Waals surface area contributed by atoms with E-state index in [2.05, 4.69) is 10.3 Å². The Hall–Kier alpha value is -0.960. The molecule has 0 spiro atoms. The molecular weight excluding hydrogens is 191 g/mol. The number of halogens is 1. The van der Waals surface area contributed by atoms with Gasteiger partial charge in [-0.1, -0.05) is 6.42 Å². The van der Waals surface area contributed by atoms with Gasteiger partial charge in [-0.3, -0.25) is 4.98 Å². The smallest absolute Gasteiger partial charge is 0.141 e. The number of pyridine rings is 1. The summed E-state index contributed by atoms with van der Waals surface area (Å²) in [5.74, 6) is 0.249. The molecule has 0 saturated heterocycles. The second-order valence-corrected chi connectivity index (χ2v) is 4.29. The summed E-state index contributed by atoms with van der Waals surface area (Å²) in [6, 6.07) is 2.20. The monoisotopic (exact) mass is 208 g/mol. The maximum Gasteiger partial charge on any atom is 0.141 e. The number of aromatic nitrogens is 1. The van der Waals surface area contributed by atoms with Gasteiger partial charge < -0.3 is 5.32 Å². The number of hydrogen-bond acceptors (Lipinski definition) is 2. The van der Waals surface area contributed by atoms with Crippen molar-refractivity contribution in [3.8, 4) is 0 Å². The number of hydrogen-bond donors (Lipinski definition) is 1. The minimum absolute atomic E-state index is 0.223. The Morgan fingerprint density at radius 1 is 1.40 bits per heavy atom. The van der Waals surface area contributed by atoms with E-state index in [1.54, 1.807) is 12.3 Å². The van der Waals surface area contributed by atoms with Crippen molar-refractivity contribution in [2.24, 2.45) is 0 Å². The Bertz CT molecular complexity index is 327. The molecule has 0 amide bonds. The summed E-state index contributed by atoms with van der Waals surface area (Å²) in [6.45, 7) is 0. The number of rotatable bonds is 2. The zero-order valence-corrected chi connectivity index (χ0v) is 9.04. The van der Waals surface area contributed by atoms with Crippen LogP contribution in [0.25, 0.3) is 0 Å². The van der Waals surface area contributed by atoms with Gasteiger partial charge in [-0.05, 0) is 43.9 Å². The van der Waals surface area contributed by atoms with Gasteiger partial charge in [0.05, 0.1) is 6.20 Å². The minimum atomic E-state index is -0.223. The molecular formula is C12H17FN2. The lowest BCUT2D eigenvalue weighted by molar-refractivity contribution is 0.354. The van der Waals surface area contributed by atoms with E-state index in [9.17, 15) is 4.39 Å². The van der Waals surface area contributed by atoms with Gasteiger partial charge in [0.15, 0.2) is 0 Å². The molecule has 1 saturated carbocycles. The minimum Gasteiger partial charge on any atom is -0.317 e. The first-order valence-corrected chi connectivity index (χ1v) is 5.57. The van der Waals surface area contributed by atoms with Gasteiger partial charge in [0.1, 0.15) is 5.82 Å². The van der Waals surface area contributed by atoms with Gasteiger partial charge in [-0.2, -0.15) is 0 Å². The summed E-state index contributed by atoms with van der Waals surface area (Å²) >= 11 is 0. The Balaban J connectivity index is 2.09. The highest BCUT2D eigenvalue weighted by molar-refractivity contribution is 5.16. The lowest BCUT2D eigenvalue weighted by Crippen LogP contribution is -2.30. The van der Waals surface area contributed by atoms with Gasteiger partial charge in [0.25, 0.3) is 0 Å². The molecule has 2 atom stereocenters. The van der Waals surface area contributed by atoms with Crippen molar-refractivity contribution in [3.05, 3.63) is 29.8 Å². The van der Waals surface area contributed by atoms with E-state index in [1.165, 1.54) is 19.0 Å². The molecule has 0 aromatic carbocycles. The van der Waals surface area contributed by atoms with Crippen molar-refractivity contribution in [1.29, 1.82) is 0 Å². The standard InChI is InChI=1S/C12H17FN2/c1-14-12-4-2-3-9(6-12)10-5-11(13)8-15-7-10/h5,7-9,12,14H,2-4,6H2,1H3. The van der Waals surface area contributed by atoms with E-state index in [4.69, 9.17) is 0 Å². The first-order valence-electron chi connectivity index (χ1n) is 5.57. The molecule has 1 fully saturated rings. The Morgan fingerprint density at radius 2 is 2.27 bits per heavy atom. The molecule has 1 aliphatic rings. The Kier molecular flexibility index (Phi) is 3.31. The Labute approximate surface area is 89.9 Å². The molecule has 82 valence electrons. The van der Waals surface area contributed by atoms with E-state index < -0.39 is 0 Å². The average Bonchev–Trinajstić information content (AvgIpc) is 2.29. The van der Waals surface area contributed by atoms with E-state index in [-0.39, 0.29) is 5.82 Å². The largest absolute Gasteiger partial charge is 0.317 e. The van der Waals surface area contributed by atoms with Crippen LogP contribution in [0.1, 0.15) is 37.2 Å². The summed E-state index contributed by atoms with van der Waals surface area (Å²) in [5, 5.41) is 3.30. The van der Waals surface area contributed by atoms with Crippen molar-refractivity contribution < 1.29 is 4.39 Å². The van der Waals surface area contributed by atoms with Crippen molar-refractivity contribution >= 4 is 0 Å². The third-order valence-electron chi connectivity index (χ3n) is 3.28. The van der Waals surface area contributed by atoms with Crippen LogP contribution in [0.4, 0.5) is 4.39 Å². The van der Waals surface area contributed by atoms with E-state index in [0.717, 1.165) is 18.4 Å². The zero-order chi connectivity index (χ0) is 10.7. The van der Waals surface area contributed by atoms with Crippen LogP contribution in [0, 0.1) is 5.82 Å². The highest BCUT2D eigenvalue weighted by atomic mass is 19.1. The van der Waals surface area contributed by atoms with Gasteiger partial charge in [0.2, 0.25) is 0 Å². The summed E-state index contributed by atoms with van der Waals surface area (Å²) in [4.78, 5) is 3.91. The molecule has 2 unspecified atom stereocenters. The Morgan fingerprint density at radius 3 is 3.00 bits per heavy atom. The summed E-state index contributed by atoms with van der Waals surface area (Å²) in [5.41, 5.74) is 1.05. The van der Waals surface area contributed by atoms with E-state index in [0.29, 0.717) is 12.0 Å². The molecule has 1 heterocycles. The second-order valence-electron chi connectivity index (χ2n) is 4.29. The molecule has 0 radical (unpaired) electrons. The molecule has 0 bridgehead atoms. The highest BCUT2D eigenvalue weighted by Gasteiger charge is 2.22. The van der Waals surface area contributed by atoms with Gasteiger partial charge in [-0.25, -0.2) is 4.39 Å². The van der Waals surface area contributed by atoms with Crippen molar-refractivity contribution in [2.75, 3.05) is 7.05 Å². The maximum atomic E-state index is 13.0. The lowest BCUT2D eigenvalue weighted by atomic mass is 9.82. The summed E-state index contributed by atoms with van der Waals surface area (Å²) in [7, 11) is 2.00. The van der Waals surface area contributed by atoms with Gasteiger partial charge in [0, 0.05) is 12.2 Å². The molecule has 1 aromatic heterocycles. The third-order valence-corrected chi connectivity index (χ3v) is 3.28. The predicted octanol–water partition coefficient (Wildman–Crippen LogP) is 2.47. The fourth-order valence-corrected chi connectivity index (χ4v) is 2.41. The van der Waals surface area contributed by atoms with Crippen LogP contribution in [-0.4, -0.2) is 18.1 Å². The molecule has 1 aromatic rings. The van der Waals surface area contributed by atoms with Crippen LogP contribution in [0.15, 0.2) is 18.5 Å². The summed E-state index contributed by atoms with van der Waals surface area (Å²) < 4.78 is 13.0. The van der Waals surface area contributed by atoms with Gasteiger partial charge in [-0.15, -0.1) is 0 Å². The summed E-state index contributed by atoms with van der Waals surface area (Å²) in [6.07, 6.45) is 7.76.